The summed E-state index contributed by atoms with van der Waals surface area (Å²) in [4.78, 5) is 0. The molecular formula is C7H16NO4S-. The molecule has 0 aliphatic rings. The molecule has 80 valence electrons. The summed E-state index contributed by atoms with van der Waals surface area (Å²) in [5.41, 5.74) is -1.08. The molecule has 13 heavy (non-hydrogen) atoms. The lowest BCUT2D eigenvalue weighted by Gasteiger charge is -2.29. The van der Waals surface area contributed by atoms with Crippen LogP contribution in [0.25, 0.3) is 0 Å². The number of aliphatic hydroxyl groups excluding tert-OH is 2. The average molecular weight is 210 g/mol. The quantitative estimate of drug-likeness (QED) is 0.275. The first kappa shape index (κ1) is 13.2. The van der Waals surface area contributed by atoms with Gasteiger partial charge in [-0.1, -0.05) is 0 Å². The Bertz CT molecular complexity index is 113. The topological polar surface area (TPSA) is 84.8 Å². The molecule has 0 aliphatic carbocycles. The van der Waals surface area contributed by atoms with Crippen molar-refractivity contribution in [1.82, 2.24) is 5.32 Å². The summed E-state index contributed by atoms with van der Waals surface area (Å²) in [6, 6.07) is 0. The third-order valence-electron chi connectivity index (χ3n) is 1.75. The molecule has 0 unspecified atom stereocenters. The van der Waals surface area contributed by atoms with E-state index in [1.807, 2.05) is 0 Å². The van der Waals surface area contributed by atoms with Crippen molar-refractivity contribution in [1.29, 1.82) is 0 Å². The van der Waals surface area contributed by atoms with Crippen molar-refractivity contribution in [3.8, 4) is 0 Å². The van der Waals surface area contributed by atoms with Crippen LogP contribution in [-0.2, 0) is 4.74 Å². The maximum Gasteiger partial charge on any atom is 0.165 e. The van der Waals surface area contributed by atoms with Crippen LogP contribution in [0.5, 0.6) is 0 Å². The lowest BCUT2D eigenvalue weighted by Crippen LogP contribution is -2.53. The van der Waals surface area contributed by atoms with Crippen LogP contribution in [-0.4, -0.2) is 53.1 Å². The number of nitrogens with one attached hydrogen (secondary N) is 1. The predicted molar refractivity (Wildman–Crippen MR) is 49.8 cm³/mol. The van der Waals surface area contributed by atoms with Gasteiger partial charge in [0.1, 0.15) is 0 Å². The molecule has 5 nitrogen and oxygen atoms in total. The van der Waals surface area contributed by atoms with Crippen LogP contribution in [0.15, 0.2) is 0 Å². The van der Waals surface area contributed by atoms with Gasteiger partial charge in [0.05, 0.1) is 13.2 Å². The first-order valence-electron chi connectivity index (χ1n) is 4.01. The number of hydrogen-bond acceptors (Lipinski definition) is 6. The summed E-state index contributed by atoms with van der Waals surface area (Å²) in [6.07, 6.45) is 0.680. The SMILES string of the molecule is COC(CO)(CO)NCCCS[O-]. The zero-order valence-electron chi connectivity index (χ0n) is 7.65. The zero-order chi connectivity index (χ0) is 10.2. The molecule has 0 aromatic rings. The van der Waals surface area contributed by atoms with Crippen molar-refractivity contribution in [3.05, 3.63) is 0 Å². The minimum atomic E-state index is -1.08. The van der Waals surface area contributed by atoms with Gasteiger partial charge < -0.3 is 19.5 Å². The number of rotatable bonds is 8. The fourth-order valence-electron chi connectivity index (χ4n) is 0.810. The van der Waals surface area contributed by atoms with E-state index >= 15 is 0 Å². The highest BCUT2D eigenvalue weighted by Crippen LogP contribution is 2.03. The molecular weight excluding hydrogens is 194 g/mol. The predicted octanol–water partition coefficient (Wildman–Crippen LogP) is -0.843. The van der Waals surface area contributed by atoms with Crippen LogP contribution in [0.3, 0.4) is 0 Å². The van der Waals surface area contributed by atoms with Crippen molar-refractivity contribution in [2.24, 2.45) is 0 Å². The van der Waals surface area contributed by atoms with Gasteiger partial charge >= 0.3 is 0 Å². The molecule has 0 aromatic heterocycles. The van der Waals surface area contributed by atoms with E-state index < -0.39 is 5.72 Å². The third-order valence-corrected chi connectivity index (χ3v) is 2.21. The maximum atomic E-state index is 10.0. The molecule has 6 heteroatoms. The summed E-state index contributed by atoms with van der Waals surface area (Å²) >= 11 is 0.519. The van der Waals surface area contributed by atoms with Crippen molar-refractivity contribution < 1.29 is 19.5 Å². The van der Waals surface area contributed by atoms with Gasteiger partial charge in [0, 0.05) is 7.11 Å². The summed E-state index contributed by atoms with van der Waals surface area (Å²) in [6.45, 7) is -0.0702. The van der Waals surface area contributed by atoms with Crippen LogP contribution >= 0.6 is 12.0 Å². The van der Waals surface area contributed by atoms with Crippen LogP contribution in [0.4, 0.5) is 0 Å². The van der Waals surface area contributed by atoms with E-state index in [9.17, 15) is 4.55 Å². The fraction of sp³-hybridized carbons (Fsp3) is 1.00. The minimum Gasteiger partial charge on any atom is -0.799 e. The smallest absolute Gasteiger partial charge is 0.165 e. The zero-order valence-corrected chi connectivity index (χ0v) is 8.47. The molecule has 0 heterocycles. The first-order chi connectivity index (χ1) is 6.24. The molecule has 0 fully saturated rings. The molecule has 0 atom stereocenters. The van der Waals surface area contributed by atoms with E-state index in [1.54, 1.807) is 0 Å². The number of hydrogen-bond donors (Lipinski definition) is 3. The molecule has 0 saturated carbocycles. The monoisotopic (exact) mass is 210 g/mol. The molecule has 0 aliphatic heterocycles. The van der Waals surface area contributed by atoms with E-state index in [0.717, 1.165) is 0 Å². The lowest BCUT2D eigenvalue weighted by molar-refractivity contribution is -0.107. The van der Waals surface area contributed by atoms with Crippen molar-refractivity contribution in [3.63, 3.8) is 0 Å². The number of methoxy groups -OCH3 is 1. The largest absolute Gasteiger partial charge is 0.799 e. The average Bonchev–Trinajstić information content (AvgIpc) is 2.20. The maximum absolute atomic E-state index is 10.0. The van der Waals surface area contributed by atoms with Crippen LogP contribution < -0.4 is 5.32 Å². The second-order valence-electron chi connectivity index (χ2n) is 2.62. The number of aliphatic hydroxyl groups is 2. The van der Waals surface area contributed by atoms with Gasteiger partial charge in [0.15, 0.2) is 5.72 Å². The van der Waals surface area contributed by atoms with Gasteiger partial charge in [-0.2, -0.15) is 0 Å². The highest BCUT2D eigenvalue weighted by Gasteiger charge is 2.26. The molecule has 0 rings (SSSR count). The van der Waals surface area contributed by atoms with E-state index in [-0.39, 0.29) is 13.2 Å². The molecule has 0 bridgehead atoms. The normalized spacial score (nSPS) is 12.0. The van der Waals surface area contributed by atoms with Crippen LogP contribution in [0, 0.1) is 0 Å². The van der Waals surface area contributed by atoms with Gasteiger partial charge in [-0.3, -0.25) is 17.4 Å². The Morgan fingerprint density at radius 3 is 2.46 bits per heavy atom. The van der Waals surface area contributed by atoms with E-state index in [4.69, 9.17) is 14.9 Å². The Hall–Kier alpha value is 0.150. The van der Waals surface area contributed by atoms with Gasteiger partial charge in [-0.25, -0.2) is 0 Å². The van der Waals surface area contributed by atoms with Gasteiger partial charge in [-0.15, -0.1) is 0 Å². The van der Waals surface area contributed by atoms with Crippen molar-refractivity contribution in [2.75, 3.05) is 32.6 Å². The summed E-state index contributed by atoms with van der Waals surface area (Å²) in [5, 5.41) is 20.7. The van der Waals surface area contributed by atoms with Crippen LogP contribution in [0.2, 0.25) is 0 Å². The Balaban J connectivity index is 3.68. The van der Waals surface area contributed by atoms with E-state index in [0.29, 0.717) is 30.8 Å². The summed E-state index contributed by atoms with van der Waals surface area (Å²) < 4.78 is 14.9. The molecule has 0 aromatic carbocycles. The summed E-state index contributed by atoms with van der Waals surface area (Å²) in [5.74, 6) is 0.504. The molecule has 0 spiro atoms. The van der Waals surface area contributed by atoms with Gasteiger partial charge in [0.2, 0.25) is 0 Å². The van der Waals surface area contributed by atoms with E-state index in [1.165, 1.54) is 7.11 Å². The van der Waals surface area contributed by atoms with Crippen molar-refractivity contribution in [2.45, 2.75) is 12.1 Å². The molecule has 0 amide bonds. The molecule has 3 N–H and O–H groups in total. The minimum absolute atomic E-state index is 0.301. The third kappa shape index (κ3) is 4.80. The van der Waals surface area contributed by atoms with Gasteiger partial charge in [-0.05, 0) is 18.7 Å². The Morgan fingerprint density at radius 2 is 2.08 bits per heavy atom. The van der Waals surface area contributed by atoms with Gasteiger partial charge in [0.25, 0.3) is 0 Å². The standard InChI is InChI=1S/C7H17NO4S/c1-12-7(5-9,6-10)8-3-2-4-13-11/h8-11H,2-6H2,1H3/p-1. The van der Waals surface area contributed by atoms with Crippen molar-refractivity contribution >= 4 is 12.0 Å². The molecule has 0 saturated heterocycles. The summed E-state index contributed by atoms with van der Waals surface area (Å²) in [7, 11) is 1.40. The first-order valence-corrected chi connectivity index (χ1v) is 4.92. The van der Waals surface area contributed by atoms with E-state index in [2.05, 4.69) is 5.32 Å². The Morgan fingerprint density at radius 1 is 1.46 bits per heavy atom. The highest BCUT2D eigenvalue weighted by atomic mass is 32.2. The second kappa shape index (κ2) is 7.54. The Kier molecular flexibility index (Phi) is 7.63. The lowest BCUT2D eigenvalue weighted by atomic mass is 10.2. The highest BCUT2D eigenvalue weighted by molar-refractivity contribution is 7.93. The second-order valence-corrected chi connectivity index (χ2v) is 3.26. The molecule has 0 radical (unpaired) electrons. The number of ether oxygens (including phenoxy) is 1. The fourth-order valence-corrected chi connectivity index (χ4v) is 1.07. The van der Waals surface area contributed by atoms with Crippen LogP contribution in [0.1, 0.15) is 6.42 Å². The Labute approximate surface area is 82.3 Å².